The monoisotopic (exact) mass is 364 g/mol. The van der Waals surface area contributed by atoms with E-state index in [9.17, 15) is 0 Å². The Morgan fingerprint density at radius 1 is 1.50 bits per heavy atom. The van der Waals surface area contributed by atoms with Gasteiger partial charge >= 0.3 is 0 Å². The summed E-state index contributed by atoms with van der Waals surface area (Å²) >= 11 is 8.57. The van der Waals surface area contributed by atoms with Crippen LogP contribution in [0.3, 0.4) is 0 Å². The molecule has 0 amide bonds. The molecule has 2 aromatic heterocycles. The van der Waals surface area contributed by atoms with Gasteiger partial charge in [-0.2, -0.15) is 0 Å². The molecule has 1 N–H and O–H groups in total. The molecule has 0 aliphatic rings. The second-order valence-electron chi connectivity index (χ2n) is 3.14. The lowest BCUT2D eigenvalue weighted by atomic mass is 10.3. The van der Waals surface area contributed by atoms with E-state index in [2.05, 4.69) is 49.1 Å². The van der Waals surface area contributed by atoms with E-state index >= 15 is 0 Å². The first-order valence-electron chi connectivity index (χ1n) is 4.80. The average Bonchev–Trinajstić information content (AvgIpc) is 2.83. The molecule has 0 aliphatic carbocycles. The van der Waals surface area contributed by atoms with Crippen LogP contribution in [0.1, 0.15) is 12.6 Å². The smallest absolute Gasteiger partial charge is 0.181 e. The van der Waals surface area contributed by atoms with Crippen LogP contribution in [-0.2, 0) is 6.54 Å². The topological polar surface area (TPSA) is 38.1 Å². The number of nitrogens with zero attached hydrogens (tertiary/aromatic N) is 1. The van der Waals surface area contributed by atoms with Gasteiger partial charge in [-0.05, 0) is 44.5 Å². The fourth-order valence-electron chi connectivity index (χ4n) is 1.30. The van der Waals surface area contributed by atoms with E-state index in [0.29, 0.717) is 0 Å². The van der Waals surface area contributed by atoms with Gasteiger partial charge in [-0.15, -0.1) is 11.3 Å². The van der Waals surface area contributed by atoms with Gasteiger partial charge in [-0.25, -0.2) is 4.98 Å². The van der Waals surface area contributed by atoms with E-state index in [-0.39, 0.29) is 0 Å². The number of rotatable bonds is 4. The van der Waals surface area contributed by atoms with Crippen LogP contribution in [0.25, 0.3) is 10.6 Å². The van der Waals surface area contributed by atoms with Crippen molar-refractivity contribution >= 4 is 43.2 Å². The molecule has 0 unspecified atom stereocenters. The van der Waals surface area contributed by atoms with Crippen LogP contribution >= 0.6 is 43.2 Å². The Labute approximate surface area is 115 Å². The number of oxazole rings is 1. The molecule has 2 heterocycles. The molecule has 0 bridgehead atoms. The average molecular weight is 366 g/mol. The Kier molecular flexibility index (Phi) is 4.18. The highest BCUT2D eigenvalue weighted by Crippen LogP contribution is 2.39. The number of thiophene rings is 1. The van der Waals surface area contributed by atoms with Gasteiger partial charge in [0, 0.05) is 11.0 Å². The van der Waals surface area contributed by atoms with Crippen molar-refractivity contribution in [2.75, 3.05) is 6.54 Å². The third kappa shape index (κ3) is 2.56. The van der Waals surface area contributed by atoms with Crippen molar-refractivity contribution in [1.29, 1.82) is 0 Å². The normalized spacial score (nSPS) is 10.9. The molecule has 0 aliphatic heterocycles. The molecular weight excluding hydrogens is 356 g/mol. The van der Waals surface area contributed by atoms with E-state index in [1.165, 1.54) is 6.39 Å². The molecule has 86 valence electrons. The minimum absolute atomic E-state index is 0.732. The largest absolute Gasteiger partial charge is 0.442 e. The Bertz CT molecular complexity index is 461. The quantitative estimate of drug-likeness (QED) is 0.888. The predicted octanol–water partition coefficient (Wildman–Crippen LogP) is 4.04. The lowest BCUT2D eigenvalue weighted by Crippen LogP contribution is -2.12. The van der Waals surface area contributed by atoms with Crippen LogP contribution in [-0.4, -0.2) is 11.5 Å². The van der Waals surface area contributed by atoms with Gasteiger partial charge in [-0.1, -0.05) is 6.92 Å². The summed E-state index contributed by atoms with van der Waals surface area (Å²) in [7, 11) is 0. The Morgan fingerprint density at radius 3 is 2.94 bits per heavy atom. The first kappa shape index (κ1) is 12.3. The van der Waals surface area contributed by atoms with Crippen LogP contribution < -0.4 is 5.32 Å². The van der Waals surface area contributed by atoms with E-state index in [1.54, 1.807) is 11.3 Å². The molecule has 0 aromatic carbocycles. The zero-order chi connectivity index (χ0) is 11.5. The summed E-state index contributed by atoms with van der Waals surface area (Å²) in [4.78, 5) is 5.29. The molecule has 3 nitrogen and oxygen atoms in total. The fourth-order valence-corrected chi connectivity index (χ4v) is 3.34. The number of aromatic nitrogens is 1. The van der Waals surface area contributed by atoms with Crippen LogP contribution in [0, 0.1) is 0 Å². The van der Waals surface area contributed by atoms with Gasteiger partial charge in [-0.3, -0.25) is 0 Å². The van der Waals surface area contributed by atoms with Gasteiger partial charge < -0.3 is 9.73 Å². The summed E-state index contributed by atoms with van der Waals surface area (Å²) < 4.78 is 7.54. The maximum Gasteiger partial charge on any atom is 0.181 e. The lowest BCUT2D eigenvalue weighted by Gasteiger charge is -1.98. The van der Waals surface area contributed by atoms with Crippen molar-refractivity contribution in [3.05, 3.63) is 26.4 Å². The molecular formula is C10H10Br2N2OS. The lowest BCUT2D eigenvalue weighted by molar-refractivity contribution is 0.571. The standard InChI is InChI=1S/C10H10Br2N2OS/c1-2-13-4-7-9(15-5-14-7)8-3-6(11)10(12)16-8/h3,5,13H,2,4H2,1H3. The number of nitrogens with one attached hydrogen (secondary N) is 1. The second-order valence-corrected chi connectivity index (χ2v) is 6.37. The minimum atomic E-state index is 0.732. The molecule has 2 rings (SSSR count). The first-order valence-corrected chi connectivity index (χ1v) is 7.21. The predicted molar refractivity (Wildman–Crippen MR) is 72.6 cm³/mol. The van der Waals surface area contributed by atoms with Crippen molar-refractivity contribution in [1.82, 2.24) is 10.3 Å². The number of hydrogen-bond acceptors (Lipinski definition) is 4. The maximum absolute atomic E-state index is 5.43. The van der Waals surface area contributed by atoms with Crippen molar-refractivity contribution in [2.24, 2.45) is 0 Å². The summed E-state index contributed by atoms with van der Waals surface area (Å²) in [6.07, 6.45) is 1.49. The van der Waals surface area contributed by atoms with Crippen LogP contribution in [0.15, 0.2) is 25.1 Å². The van der Waals surface area contributed by atoms with Gasteiger partial charge in [0.1, 0.15) is 5.69 Å². The molecule has 2 aromatic rings. The third-order valence-corrected chi connectivity index (χ3v) is 5.31. The molecule has 6 heteroatoms. The fraction of sp³-hybridized carbons (Fsp3) is 0.300. The number of hydrogen-bond donors (Lipinski definition) is 1. The van der Waals surface area contributed by atoms with E-state index in [1.807, 2.05) is 6.07 Å². The minimum Gasteiger partial charge on any atom is -0.442 e. The van der Waals surface area contributed by atoms with Gasteiger partial charge in [0.2, 0.25) is 0 Å². The summed E-state index contributed by atoms with van der Waals surface area (Å²) in [5.41, 5.74) is 0.947. The van der Waals surface area contributed by atoms with Gasteiger partial charge in [0.05, 0.1) is 8.66 Å². The second kappa shape index (κ2) is 5.44. The molecule has 0 fully saturated rings. The zero-order valence-corrected chi connectivity index (χ0v) is 12.6. The van der Waals surface area contributed by atoms with E-state index in [0.717, 1.165) is 37.7 Å². The van der Waals surface area contributed by atoms with Crippen molar-refractivity contribution in [2.45, 2.75) is 13.5 Å². The zero-order valence-electron chi connectivity index (χ0n) is 8.59. The Hall–Kier alpha value is -0.170. The first-order chi connectivity index (χ1) is 7.72. The van der Waals surface area contributed by atoms with Gasteiger partial charge in [0.15, 0.2) is 12.2 Å². The highest BCUT2D eigenvalue weighted by atomic mass is 79.9. The highest BCUT2D eigenvalue weighted by Gasteiger charge is 2.14. The number of halogens is 2. The third-order valence-electron chi connectivity index (χ3n) is 2.05. The summed E-state index contributed by atoms with van der Waals surface area (Å²) in [6, 6.07) is 2.03. The summed E-state index contributed by atoms with van der Waals surface area (Å²) in [5.74, 6) is 0.845. The van der Waals surface area contributed by atoms with Crippen LogP contribution in [0.4, 0.5) is 0 Å². The van der Waals surface area contributed by atoms with Crippen molar-refractivity contribution in [3.63, 3.8) is 0 Å². The molecule has 0 spiro atoms. The molecule has 0 saturated carbocycles. The summed E-state index contributed by atoms with van der Waals surface area (Å²) in [6.45, 7) is 3.72. The van der Waals surface area contributed by atoms with Gasteiger partial charge in [0.25, 0.3) is 0 Å². The molecule has 0 saturated heterocycles. The van der Waals surface area contributed by atoms with E-state index < -0.39 is 0 Å². The summed E-state index contributed by atoms with van der Waals surface area (Å²) in [5, 5.41) is 3.24. The van der Waals surface area contributed by atoms with E-state index in [4.69, 9.17) is 4.42 Å². The Morgan fingerprint density at radius 2 is 2.31 bits per heavy atom. The van der Waals surface area contributed by atoms with Crippen molar-refractivity contribution < 1.29 is 4.42 Å². The molecule has 0 atom stereocenters. The molecule has 0 radical (unpaired) electrons. The maximum atomic E-state index is 5.43. The van der Waals surface area contributed by atoms with Crippen LogP contribution in [0.5, 0.6) is 0 Å². The highest BCUT2D eigenvalue weighted by molar-refractivity contribution is 9.13. The Balaban J connectivity index is 2.29. The van der Waals surface area contributed by atoms with Crippen molar-refractivity contribution in [3.8, 4) is 10.6 Å². The molecule has 16 heavy (non-hydrogen) atoms. The SMILES string of the molecule is CCNCc1ncoc1-c1cc(Br)c(Br)s1. The van der Waals surface area contributed by atoms with Crippen LogP contribution in [0.2, 0.25) is 0 Å².